The molecular formula is C25H30O2. The zero-order valence-corrected chi connectivity index (χ0v) is 17.0. The number of hydrogen-bond donors (Lipinski definition) is 0. The fourth-order valence-corrected chi connectivity index (χ4v) is 4.30. The first kappa shape index (κ1) is 19.3. The van der Waals surface area contributed by atoms with Gasteiger partial charge in [0, 0.05) is 0 Å². The fraction of sp³-hybridized carbons (Fsp3) is 0.360. The lowest BCUT2D eigenvalue weighted by Crippen LogP contribution is -2.31. The second-order valence-electron chi connectivity index (χ2n) is 8.24. The van der Waals surface area contributed by atoms with E-state index in [0.29, 0.717) is 11.8 Å². The van der Waals surface area contributed by atoms with Crippen LogP contribution in [-0.4, -0.2) is 14.2 Å². The third kappa shape index (κ3) is 4.10. The molecule has 0 heterocycles. The van der Waals surface area contributed by atoms with Crippen LogP contribution in [0.15, 0.2) is 66.8 Å². The molecule has 2 atom stereocenters. The number of allylic oxidation sites excluding steroid dienone is 4. The molecule has 0 saturated carbocycles. The van der Waals surface area contributed by atoms with Gasteiger partial charge in [0.15, 0.2) is 0 Å². The minimum absolute atomic E-state index is 0.0991. The summed E-state index contributed by atoms with van der Waals surface area (Å²) in [7, 11) is 3.45. The largest absolute Gasteiger partial charge is 0.496 e. The maximum absolute atomic E-state index is 5.71. The molecule has 0 saturated heterocycles. The highest BCUT2D eigenvalue weighted by Crippen LogP contribution is 2.49. The van der Waals surface area contributed by atoms with E-state index in [2.05, 4.69) is 69.3 Å². The van der Waals surface area contributed by atoms with Crippen molar-refractivity contribution in [2.45, 2.75) is 27.2 Å². The molecule has 1 aliphatic rings. The summed E-state index contributed by atoms with van der Waals surface area (Å²) in [6.07, 6.45) is 7.80. The summed E-state index contributed by atoms with van der Waals surface area (Å²) in [5.41, 5.74) is 3.83. The maximum Gasteiger partial charge on any atom is 0.130 e. The highest BCUT2D eigenvalue weighted by molar-refractivity contribution is 5.79. The van der Waals surface area contributed by atoms with Gasteiger partial charge in [-0.05, 0) is 46.9 Å². The predicted molar refractivity (Wildman–Crippen MR) is 113 cm³/mol. The summed E-state index contributed by atoms with van der Waals surface area (Å²) < 4.78 is 11.4. The van der Waals surface area contributed by atoms with Gasteiger partial charge in [0.1, 0.15) is 11.5 Å². The summed E-state index contributed by atoms with van der Waals surface area (Å²) >= 11 is 0. The van der Waals surface area contributed by atoms with Crippen molar-refractivity contribution >= 4 is 5.57 Å². The van der Waals surface area contributed by atoms with E-state index < -0.39 is 0 Å². The monoisotopic (exact) mass is 362 g/mol. The van der Waals surface area contributed by atoms with Crippen LogP contribution in [0.4, 0.5) is 0 Å². The summed E-state index contributed by atoms with van der Waals surface area (Å²) in [5.74, 6) is 2.50. The van der Waals surface area contributed by atoms with Crippen LogP contribution in [0.5, 0.6) is 11.5 Å². The molecule has 0 aromatic heterocycles. The molecule has 142 valence electrons. The number of rotatable bonds is 5. The second kappa shape index (κ2) is 8.04. The van der Waals surface area contributed by atoms with Gasteiger partial charge in [0.2, 0.25) is 0 Å². The highest BCUT2D eigenvalue weighted by Gasteiger charge is 2.37. The molecule has 2 aromatic rings. The van der Waals surface area contributed by atoms with E-state index in [1.807, 2.05) is 18.2 Å². The molecule has 27 heavy (non-hydrogen) atoms. The quantitative estimate of drug-likeness (QED) is 0.632. The molecule has 2 nitrogen and oxygen atoms in total. The average Bonchev–Trinajstić information content (AvgIpc) is 2.67. The molecule has 3 rings (SSSR count). The lowest BCUT2D eigenvalue weighted by atomic mass is 9.64. The molecule has 2 heteroatoms. The zero-order chi connectivity index (χ0) is 19.4. The Bertz CT molecular complexity index is 803. The molecule has 0 amide bonds. The highest BCUT2D eigenvalue weighted by atomic mass is 16.5. The van der Waals surface area contributed by atoms with E-state index in [4.69, 9.17) is 9.47 Å². The van der Waals surface area contributed by atoms with Gasteiger partial charge in [-0.3, -0.25) is 0 Å². The third-order valence-corrected chi connectivity index (χ3v) is 5.36. The minimum atomic E-state index is 0.0991. The van der Waals surface area contributed by atoms with Gasteiger partial charge in [0.25, 0.3) is 0 Å². The van der Waals surface area contributed by atoms with Gasteiger partial charge in [-0.25, -0.2) is 0 Å². The van der Waals surface area contributed by atoms with Crippen molar-refractivity contribution in [1.82, 2.24) is 0 Å². The van der Waals surface area contributed by atoms with Gasteiger partial charge in [-0.1, -0.05) is 75.4 Å². The van der Waals surface area contributed by atoms with E-state index >= 15 is 0 Å². The van der Waals surface area contributed by atoms with Gasteiger partial charge in [0.05, 0.1) is 19.8 Å². The van der Waals surface area contributed by atoms with Gasteiger partial charge >= 0.3 is 0 Å². The number of methoxy groups -OCH3 is 2. The summed E-state index contributed by atoms with van der Waals surface area (Å²) in [6.45, 7) is 6.97. The zero-order valence-electron chi connectivity index (χ0n) is 17.0. The second-order valence-corrected chi connectivity index (χ2v) is 8.24. The Hall–Kier alpha value is -2.48. The van der Waals surface area contributed by atoms with Gasteiger partial charge in [-0.2, -0.15) is 0 Å². The van der Waals surface area contributed by atoms with Crippen LogP contribution in [0.2, 0.25) is 0 Å². The Morgan fingerprint density at radius 2 is 1.48 bits per heavy atom. The van der Waals surface area contributed by atoms with Crippen LogP contribution < -0.4 is 9.47 Å². The summed E-state index contributed by atoms with van der Waals surface area (Å²) in [4.78, 5) is 0. The molecule has 0 aliphatic heterocycles. The molecule has 0 bridgehead atoms. The molecule has 2 aromatic carbocycles. The maximum atomic E-state index is 5.71. The Morgan fingerprint density at radius 1 is 0.852 bits per heavy atom. The number of hydrogen-bond acceptors (Lipinski definition) is 2. The van der Waals surface area contributed by atoms with Crippen molar-refractivity contribution in [3.05, 3.63) is 77.9 Å². The van der Waals surface area contributed by atoms with E-state index in [0.717, 1.165) is 23.5 Å². The first-order chi connectivity index (χ1) is 13.0. The van der Waals surface area contributed by atoms with E-state index in [1.165, 1.54) is 11.1 Å². The van der Waals surface area contributed by atoms with Gasteiger partial charge in [-0.15, -0.1) is 0 Å². The third-order valence-electron chi connectivity index (χ3n) is 5.36. The topological polar surface area (TPSA) is 18.5 Å². The van der Waals surface area contributed by atoms with Crippen molar-refractivity contribution in [2.24, 2.45) is 17.3 Å². The van der Waals surface area contributed by atoms with Crippen LogP contribution in [-0.2, 0) is 6.42 Å². The Labute approximate surface area is 163 Å². The van der Waals surface area contributed by atoms with E-state index in [1.54, 1.807) is 14.2 Å². The number of benzene rings is 2. The van der Waals surface area contributed by atoms with E-state index in [9.17, 15) is 0 Å². The Morgan fingerprint density at radius 3 is 2.04 bits per heavy atom. The predicted octanol–water partition coefficient (Wildman–Crippen LogP) is 6.18. The average molecular weight is 363 g/mol. The standard InChI is InChI=1S/C25H30O2/c1-25(2,3)24-19(17-18-11-7-6-8-12-18)13-9-14-20(24)23-21(26-4)15-10-16-22(23)27-5/h6-16,19,24H,17H2,1-5H3. The number of ether oxygens (including phenoxy) is 2. The summed E-state index contributed by atoms with van der Waals surface area (Å²) in [5, 5.41) is 0. The smallest absolute Gasteiger partial charge is 0.130 e. The lowest BCUT2D eigenvalue weighted by Gasteiger charge is -2.40. The van der Waals surface area contributed by atoms with Gasteiger partial charge < -0.3 is 9.47 Å². The van der Waals surface area contributed by atoms with Crippen LogP contribution in [0.3, 0.4) is 0 Å². The van der Waals surface area contributed by atoms with Crippen molar-refractivity contribution in [3.8, 4) is 11.5 Å². The Balaban J connectivity index is 2.07. The first-order valence-electron chi connectivity index (χ1n) is 9.59. The van der Waals surface area contributed by atoms with Crippen LogP contribution in [0.25, 0.3) is 5.57 Å². The fourth-order valence-electron chi connectivity index (χ4n) is 4.30. The molecule has 0 fully saturated rings. The SMILES string of the molecule is COc1cccc(OC)c1C1=CC=CC(Cc2ccccc2)C1C(C)(C)C. The molecule has 0 spiro atoms. The first-order valence-corrected chi connectivity index (χ1v) is 9.59. The van der Waals surface area contributed by atoms with Crippen molar-refractivity contribution < 1.29 is 9.47 Å². The van der Waals surface area contributed by atoms with Crippen LogP contribution in [0, 0.1) is 17.3 Å². The normalized spacial score (nSPS) is 19.5. The van der Waals surface area contributed by atoms with Crippen molar-refractivity contribution in [1.29, 1.82) is 0 Å². The molecule has 0 radical (unpaired) electrons. The Kier molecular flexibility index (Phi) is 5.74. The van der Waals surface area contributed by atoms with Crippen molar-refractivity contribution in [3.63, 3.8) is 0 Å². The molecule has 1 aliphatic carbocycles. The molecule has 2 unspecified atom stereocenters. The van der Waals surface area contributed by atoms with Crippen LogP contribution >= 0.6 is 0 Å². The van der Waals surface area contributed by atoms with Crippen LogP contribution in [0.1, 0.15) is 31.9 Å². The summed E-state index contributed by atoms with van der Waals surface area (Å²) in [6, 6.07) is 16.8. The molecule has 0 N–H and O–H groups in total. The minimum Gasteiger partial charge on any atom is -0.496 e. The molecular weight excluding hydrogens is 332 g/mol. The lowest BCUT2D eigenvalue weighted by molar-refractivity contribution is 0.242. The van der Waals surface area contributed by atoms with Crippen molar-refractivity contribution in [2.75, 3.05) is 14.2 Å². The van der Waals surface area contributed by atoms with E-state index in [-0.39, 0.29) is 5.41 Å².